The molecule has 0 aliphatic rings. The average molecular weight is 361 g/mol. The lowest BCUT2D eigenvalue weighted by molar-refractivity contribution is -0.659. The number of ether oxygens (including phenoxy) is 2. The summed E-state index contributed by atoms with van der Waals surface area (Å²) in [5.74, 6) is -1.90. The summed E-state index contributed by atoms with van der Waals surface area (Å²) in [6, 6.07) is 2.11. The average Bonchev–Trinajstić information content (AvgIpc) is 2.80. The van der Waals surface area contributed by atoms with E-state index in [1.165, 1.54) is 4.92 Å². The van der Waals surface area contributed by atoms with E-state index in [0.717, 1.165) is 31.3 Å². The minimum absolute atomic E-state index is 0.556. The highest BCUT2D eigenvalue weighted by Gasteiger charge is 2.27. The van der Waals surface area contributed by atoms with E-state index in [9.17, 15) is 14.9 Å². The molecular formula is C16H24BN5O4. The van der Waals surface area contributed by atoms with Gasteiger partial charge in [0.15, 0.2) is 0 Å². The number of rotatable bonds is 6. The zero-order chi connectivity index (χ0) is 20.2. The first-order valence-corrected chi connectivity index (χ1v) is 7.84. The van der Waals surface area contributed by atoms with Crippen LogP contribution in [0.25, 0.3) is 0 Å². The Morgan fingerprint density at radius 1 is 1.27 bits per heavy atom. The van der Waals surface area contributed by atoms with Gasteiger partial charge in [-0.3, -0.25) is 9.13 Å². The van der Waals surface area contributed by atoms with E-state index in [2.05, 4.69) is 20.6 Å². The van der Waals surface area contributed by atoms with Crippen molar-refractivity contribution in [2.75, 3.05) is 14.2 Å². The topological polar surface area (TPSA) is 101 Å². The van der Waals surface area contributed by atoms with Gasteiger partial charge in [0.2, 0.25) is 5.71 Å². The SMILES string of the molecule is COC(=O)C(=NN([B-]c1n(C)c(C)c(C)[n+]1C)C(C)(C)C#N)C(=O)OC. The third-order valence-electron chi connectivity index (χ3n) is 4.27. The van der Waals surface area contributed by atoms with Crippen LogP contribution >= 0.6 is 0 Å². The maximum Gasteiger partial charge on any atom is 0.365 e. The predicted molar refractivity (Wildman–Crippen MR) is 94.4 cm³/mol. The molecule has 0 fully saturated rings. The van der Waals surface area contributed by atoms with Crippen LogP contribution in [0.5, 0.6) is 0 Å². The predicted octanol–water partition coefficient (Wildman–Crippen LogP) is -0.983. The molecule has 0 saturated carbocycles. The molecule has 1 heterocycles. The van der Waals surface area contributed by atoms with Crippen LogP contribution in [0.15, 0.2) is 5.10 Å². The first kappa shape index (κ1) is 21.2. The Morgan fingerprint density at radius 3 is 2.12 bits per heavy atom. The van der Waals surface area contributed by atoms with Crippen LogP contribution in [-0.2, 0) is 33.2 Å². The van der Waals surface area contributed by atoms with E-state index in [1.54, 1.807) is 21.3 Å². The number of nitrogens with zero attached hydrogens (tertiary/aromatic N) is 5. The molecule has 140 valence electrons. The van der Waals surface area contributed by atoms with Gasteiger partial charge < -0.3 is 14.4 Å². The summed E-state index contributed by atoms with van der Waals surface area (Å²) in [5.41, 5.74) is 1.07. The molecule has 0 aliphatic carbocycles. The Hall–Kier alpha value is -2.83. The van der Waals surface area contributed by atoms with Gasteiger partial charge in [-0.25, -0.2) is 14.7 Å². The molecule has 9 nitrogen and oxygen atoms in total. The van der Waals surface area contributed by atoms with Crippen molar-refractivity contribution in [3.63, 3.8) is 0 Å². The minimum Gasteiger partial charge on any atom is -0.506 e. The van der Waals surface area contributed by atoms with Gasteiger partial charge >= 0.3 is 11.9 Å². The Labute approximate surface area is 154 Å². The molecule has 0 aliphatic heterocycles. The fraction of sp³-hybridized carbons (Fsp3) is 0.562. The molecule has 0 unspecified atom stereocenters. The lowest BCUT2D eigenvalue weighted by Gasteiger charge is -2.41. The standard InChI is InChI=1S/C16H24BN5O4/c1-10-11(2)21(6)15(20(10)5)17-22(16(3,4)9-18)19-12(13(23)25-7)14(24)26-8/h1-8H3. The Bertz CT molecular complexity index is 748. The third-order valence-corrected chi connectivity index (χ3v) is 4.27. The Balaban J connectivity index is 3.50. The summed E-state index contributed by atoms with van der Waals surface area (Å²) in [6.45, 7) is 7.15. The van der Waals surface area contributed by atoms with Crippen LogP contribution in [0.4, 0.5) is 0 Å². The van der Waals surface area contributed by atoms with Gasteiger partial charge in [0, 0.05) is 19.6 Å². The highest BCUT2D eigenvalue weighted by Crippen LogP contribution is 2.13. The van der Waals surface area contributed by atoms with Crippen LogP contribution in [0.2, 0.25) is 0 Å². The molecule has 0 atom stereocenters. The van der Waals surface area contributed by atoms with Crippen molar-refractivity contribution < 1.29 is 23.6 Å². The minimum atomic E-state index is -1.15. The Kier molecular flexibility index (Phi) is 6.56. The number of imidazole rings is 1. The fourth-order valence-corrected chi connectivity index (χ4v) is 2.17. The maximum atomic E-state index is 11.9. The lowest BCUT2D eigenvalue weighted by Crippen LogP contribution is -2.58. The second-order valence-electron chi connectivity index (χ2n) is 6.22. The van der Waals surface area contributed by atoms with Crippen LogP contribution < -0.4 is 10.3 Å². The summed E-state index contributed by atoms with van der Waals surface area (Å²) < 4.78 is 13.0. The monoisotopic (exact) mass is 361 g/mol. The summed E-state index contributed by atoms with van der Waals surface area (Å²) in [4.78, 5) is 25.1. The molecule has 0 amide bonds. The number of aromatic nitrogens is 2. The molecule has 0 aromatic carbocycles. The first-order chi connectivity index (χ1) is 12.0. The van der Waals surface area contributed by atoms with Gasteiger partial charge in [0.05, 0.1) is 39.9 Å². The molecule has 10 heteroatoms. The largest absolute Gasteiger partial charge is 0.506 e. The van der Waals surface area contributed by atoms with Crippen LogP contribution in [0, 0.1) is 25.2 Å². The molecule has 0 bridgehead atoms. The summed E-state index contributed by atoms with van der Waals surface area (Å²) in [6.07, 6.45) is 0. The van der Waals surface area contributed by atoms with Crippen molar-refractivity contribution in [3.05, 3.63) is 11.4 Å². The van der Waals surface area contributed by atoms with Gasteiger partial charge in [-0.05, 0) is 21.3 Å². The molecule has 1 aromatic rings. The highest BCUT2D eigenvalue weighted by molar-refractivity contribution is 6.63. The maximum absolute atomic E-state index is 11.9. The van der Waals surface area contributed by atoms with Crippen LogP contribution in [0.3, 0.4) is 0 Å². The van der Waals surface area contributed by atoms with Gasteiger partial charge in [0.1, 0.15) is 11.4 Å². The second-order valence-corrected chi connectivity index (χ2v) is 6.22. The number of methoxy groups -OCH3 is 2. The van der Waals surface area contributed by atoms with Gasteiger partial charge in [0.25, 0.3) is 0 Å². The van der Waals surface area contributed by atoms with Gasteiger partial charge in [-0.2, -0.15) is 5.26 Å². The van der Waals surface area contributed by atoms with Crippen molar-refractivity contribution in [3.8, 4) is 6.07 Å². The molecular weight excluding hydrogens is 337 g/mol. The molecule has 0 N–H and O–H groups in total. The number of carbonyl (C=O) groups excluding carboxylic acids is 2. The van der Waals surface area contributed by atoms with Gasteiger partial charge in [-0.1, -0.05) is 0 Å². The normalized spacial score (nSPS) is 10.7. The summed E-state index contributed by atoms with van der Waals surface area (Å²) >= 11 is 0. The van der Waals surface area contributed by atoms with Crippen molar-refractivity contribution in [2.45, 2.75) is 33.2 Å². The van der Waals surface area contributed by atoms with Crippen molar-refractivity contribution in [1.82, 2.24) is 9.49 Å². The van der Waals surface area contributed by atoms with Crippen molar-refractivity contribution in [1.29, 1.82) is 5.26 Å². The quantitative estimate of drug-likeness (QED) is 0.161. The third kappa shape index (κ3) is 4.04. The lowest BCUT2D eigenvalue weighted by atomic mass is 9.85. The van der Waals surface area contributed by atoms with E-state index < -0.39 is 23.2 Å². The van der Waals surface area contributed by atoms with E-state index in [1.807, 2.05) is 37.1 Å². The Morgan fingerprint density at radius 2 is 1.77 bits per heavy atom. The fourth-order valence-electron chi connectivity index (χ4n) is 2.17. The van der Waals surface area contributed by atoms with Crippen LogP contribution in [0.1, 0.15) is 25.2 Å². The highest BCUT2D eigenvalue weighted by atomic mass is 16.5. The smallest absolute Gasteiger partial charge is 0.365 e. The zero-order valence-electron chi connectivity index (χ0n) is 16.4. The molecule has 1 rings (SSSR count). The number of hydrazone groups is 1. The number of hydrogen-bond acceptors (Lipinski definition) is 7. The first-order valence-electron chi connectivity index (χ1n) is 7.84. The number of nitriles is 1. The van der Waals surface area contributed by atoms with E-state index in [0.29, 0.717) is 0 Å². The van der Waals surface area contributed by atoms with E-state index in [4.69, 9.17) is 0 Å². The van der Waals surface area contributed by atoms with Crippen LogP contribution in [-0.4, -0.2) is 54.3 Å². The summed E-state index contributed by atoms with van der Waals surface area (Å²) in [5, 5.41) is 13.6. The van der Waals surface area contributed by atoms with Crippen molar-refractivity contribution >= 4 is 30.8 Å². The van der Waals surface area contributed by atoms with Crippen molar-refractivity contribution in [2.24, 2.45) is 19.2 Å². The van der Waals surface area contributed by atoms with E-state index >= 15 is 0 Å². The molecule has 2 radical (unpaired) electrons. The molecule has 1 aromatic heterocycles. The second kappa shape index (κ2) is 8.04. The number of esters is 2. The summed E-state index contributed by atoms with van der Waals surface area (Å²) in [7, 11) is 7.60. The molecule has 26 heavy (non-hydrogen) atoms. The number of hydrogen-bond donors (Lipinski definition) is 0. The molecule has 0 spiro atoms. The molecule has 0 saturated heterocycles. The van der Waals surface area contributed by atoms with Gasteiger partial charge in [-0.15, -0.1) is 0 Å². The number of carbonyl (C=O) groups is 2. The van der Waals surface area contributed by atoms with E-state index in [-0.39, 0.29) is 0 Å². The zero-order valence-corrected chi connectivity index (χ0v) is 16.4.